The van der Waals surface area contributed by atoms with E-state index in [9.17, 15) is 18.0 Å². The summed E-state index contributed by atoms with van der Waals surface area (Å²) in [5.74, 6) is -0.213. The van der Waals surface area contributed by atoms with Gasteiger partial charge in [0.05, 0.1) is 10.4 Å². The van der Waals surface area contributed by atoms with Crippen molar-refractivity contribution in [1.82, 2.24) is 10.2 Å². The van der Waals surface area contributed by atoms with Crippen LogP contribution in [0.2, 0.25) is 0 Å². The number of carbonyl (C=O) groups is 1. The first-order valence-corrected chi connectivity index (χ1v) is 9.95. The molecule has 1 aliphatic rings. The number of aryl methyl sites for hydroxylation is 1. The Morgan fingerprint density at radius 1 is 1.22 bits per heavy atom. The molecule has 1 aliphatic heterocycles. The molecule has 27 heavy (non-hydrogen) atoms. The van der Waals surface area contributed by atoms with Crippen molar-refractivity contribution < 1.29 is 18.0 Å². The van der Waals surface area contributed by atoms with Crippen LogP contribution in [0.3, 0.4) is 0 Å². The molecule has 2 aromatic rings. The molecule has 1 aromatic carbocycles. The molecule has 1 amide bonds. The average molecular weight is 396 g/mol. The van der Waals surface area contributed by atoms with E-state index in [-0.39, 0.29) is 11.5 Å². The predicted molar refractivity (Wildman–Crippen MR) is 102 cm³/mol. The lowest BCUT2D eigenvalue weighted by Crippen LogP contribution is -2.28. The highest BCUT2D eigenvalue weighted by Crippen LogP contribution is 2.40. The van der Waals surface area contributed by atoms with Crippen LogP contribution in [0.1, 0.15) is 40.1 Å². The van der Waals surface area contributed by atoms with Crippen LogP contribution in [-0.4, -0.2) is 37.0 Å². The average Bonchev–Trinajstić information content (AvgIpc) is 3.27. The largest absolute Gasteiger partial charge is 0.417 e. The van der Waals surface area contributed by atoms with Gasteiger partial charge in [-0.1, -0.05) is 18.2 Å². The lowest BCUT2D eigenvalue weighted by atomic mass is 10.1. The van der Waals surface area contributed by atoms with Crippen molar-refractivity contribution in [3.8, 4) is 10.4 Å². The summed E-state index contributed by atoms with van der Waals surface area (Å²) in [4.78, 5) is 15.8. The third kappa shape index (κ3) is 4.90. The van der Waals surface area contributed by atoms with Crippen LogP contribution in [0.5, 0.6) is 0 Å². The first-order chi connectivity index (χ1) is 12.9. The summed E-state index contributed by atoms with van der Waals surface area (Å²) >= 11 is 1.11. The summed E-state index contributed by atoms with van der Waals surface area (Å²) in [6, 6.07) is 7.14. The van der Waals surface area contributed by atoms with Crippen molar-refractivity contribution in [3.05, 3.63) is 46.3 Å². The minimum atomic E-state index is -4.42. The van der Waals surface area contributed by atoms with Gasteiger partial charge < -0.3 is 10.2 Å². The number of alkyl halides is 3. The van der Waals surface area contributed by atoms with E-state index in [0.717, 1.165) is 43.5 Å². The maximum Gasteiger partial charge on any atom is 0.417 e. The van der Waals surface area contributed by atoms with Crippen LogP contribution in [0.4, 0.5) is 13.2 Å². The van der Waals surface area contributed by atoms with Gasteiger partial charge in [0.25, 0.3) is 5.91 Å². The molecule has 3 nitrogen and oxygen atoms in total. The molecule has 1 aromatic heterocycles. The summed E-state index contributed by atoms with van der Waals surface area (Å²) < 4.78 is 39.8. The number of rotatable bonds is 6. The first-order valence-electron chi connectivity index (χ1n) is 9.14. The van der Waals surface area contributed by atoms with E-state index in [0.29, 0.717) is 21.9 Å². The maximum absolute atomic E-state index is 13.3. The number of benzene rings is 1. The SMILES string of the molecule is Cc1cc(-c2ccccc2C(F)(F)F)sc1C(=O)NCCCN1CCCC1. The normalized spacial score (nSPS) is 15.3. The molecular weight excluding hydrogens is 373 g/mol. The lowest BCUT2D eigenvalue weighted by Gasteiger charge is -2.14. The number of nitrogens with zero attached hydrogens (tertiary/aromatic N) is 1. The number of carbonyl (C=O) groups excluding carboxylic acids is 1. The molecule has 2 heterocycles. The van der Waals surface area contributed by atoms with Crippen molar-refractivity contribution in [3.63, 3.8) is 0 Å². The van der Waals surface area contributed by atoms with Crippen LogP contribution in [-0.2, 0) is 6.18 Å². The zero-order chi connectivity index (χ0) is 19.4. The zero-order valence-electron chi connectivity index (χ0n) is 15.2. The molecule has 1 N–H and O–H groups in total. The summed E-state index contributed by atoms with van der Waals surface area (Å²) in [6.45, 7) is 5.55. The number of thiophene rings is 1. The lowest BCUT2D eigenvalue weighted by molar-refractivity contribution is -0.137. The summed E-state index contributed by atoms with van der Waals surface area (Å²) in [5, 5.41) is 2.90. The molecule has 3 rings (SSSR count). The summed E-state index contributed by atoms with van der Waals surface area (Å²) in [6.07, 6.45) is -1.07. The molecule has 1 saturated heterocycles. The predicted octanol–water partition coefficient (Wildman–Crippen LogP) is 4.96. The second-order valence-corrected chi connectivity index (χ2v) is 7.88. The fourth-order valence-electron chi connectivity index (χ4n) is 3.38. The molecule has 7 heteroatoms. The van der Waals surface area contributed by atoms with Gasteiger partial charge in [-0.15, -0.1) is 11.3 Å². The highest BCUT2D eigenvalue weighted by Gasteiger charge is 2.34. The van der Waals surface area contributed by atoms with Gasteiger partial charge in [-0.25, -0.2) is 0 Å². The fourth-order valence-corrected chi connectivity index (χ4v) is 4.50. The Bertz CT molecular complexity index is 795. The topological polar surface area (TPSA) is 32.3 Å². The van der Waals surface area contributed by atoms with Crippen molar-refractivity contribution in [2.75, 3.05) is 26.2 Å². The van der Waals surface area contributed by atoms with Crippen LogP contribution in [0.15, 0.2) is 30.3 Å². The van der Waals surface area contributed by atoms with E-state index < -0.39 is 11.7 Å². The van der Waals surface area contributed by atoms with Crippen LogP contribution < -0.4 is 5.32 Å². The molecule has 0 atom stereocenters. The minimum absolute atomic E-state index is 0.117. The molecule has 0 radical (unpaired) electrons. The first kappa shape index (κ1) is 19.9. The fraction of sp³-hybridized carbons (Fsp3) is 0.450. The molecule has 0 unspecified atom stereocenters. The minimum Gasteiger partial charge on any atom is -0.351 e. The molecule has 0 saturated carbocycles. The van der Waals surface area contributed by atoms with Gasteiger partial charge in [0.1, 0.15) is 0 Å². The number of halogens is 3. The smallest absolute Gasteiger partial charge is 0.351 e. The summed E-state index contributed by atoms with van der Waals surface area (Å²) in [5.41, 5.74) is 0.138. The number of hydrogen-bond acceptors (Lipinski definition) is 3. The summed E-state index contributed by atoms with van der Waals surface area (Å²) in [7, 11) is 0. The van der Waals surface area contributed by atoms with Crippen molar-refractivity contribution in [2.45, 2.75) is 32.4 Å². The third-order valence-electron chi connectivity index (χ3n) is 4.76. The second-order valence-electron chi connectivity index (χ2n) is 6.82. The van der Waals surface area contributed by atoms with E-state index in [2.05, 4.69) is 10.2 Å². The van der Waals surface area contributed by atoms with Crippen molar-refractivity contribution >= 4 is 17.2 Å². The number of amides is 1. The van der Waals surface area contributed by atoms with Crippen LogP contribution in [0.25, 0.3) is 10.4 Å². The quantitative estimate of drug-likeness (QED) is 0.700. The third-order valence-corrected chi connectivity index (χ3v) is 6.03. The van der Waals surface area contributed by atoms with Gasteiger partial charge >= 0.3 is 6.18 Å². The molecular formula is C20H23F3N2OS. The van der Waals surface area contributed by atoms with Gasteiger partial charge in [-0.05, 0) is 63.5 Å². The van der Waals surface area contributed by atoms with Gasteiger partial charge in [-0.3, -0.25) is 4.79 Å². The van der Waals surface area contributed by atoms with E-state index in [1.807, 2.05) is 0 Å². The maximum atomic E-state index is 13.3. The van der Waals surface area contributed by atoms with Gasteiger partial charge in [-0.2, -0.15) is 13.2 Å². The number of likely N-dealkylation sites (tertiary alicyclic amines) is 1. The Kier molecular flexibility index (Phi) is 6.22. The number of nitrogens with one attached hydrogen (secondary N) is 1. The molecule has 0 spiro atoms. The highest BCUT2D eigenvalue weighted by molar-refractivity contribution is 7.17. The Labute approximate surface area is 161 Å². The van der Waals surface area contributed by atoms with Crippen molar-refractivity contribution in [2.24, 2.45) is 0 Å². The van der Waals surface area contributed by atoms with Crippen LogP contribution in [0, 0.1) is 6.92 Å². The molecule has 0 aliphatic carbocycles. The van der Waals surface area contributed by atoms with Gasteiger partial charge in [0.15, 0.2) is 0 Å². The van der Waals surface area contributed by atoms with Gasteiger partial charge in [0, 0.05) is 17.0 Å². The Morgan fingerprint density at radius 3 is 2.63 bits per heavy atom. The number of hydrogen-bond donors (Lipinski definition) is 1. The van der Waals surface area contributed by atoms with Crippen LogP contribution >= 0.6 is 11.3 Å². The Hall–Kier alpha value is -1.86. The van der Waals surface area contributed by atoms with E-state index in [1.54, 1.807) is 19.1 Å². The molecule has 1 fully saturated rings. The molecule has 146 valence electrons. The van der Waals surface area contributed by atoms with E-state index in [4.69, 9.17) is 0 Å². The second kappa shape index (κ2) is 8.44. The van der Waals surface area contributed by atoms with E-state index in [1.165, 1.54) is 25.0 Å². The Morgan fingerprint density at radius 2 is 1.93 bits per heavy atom. The van der Waals surface area contributed by atoms with Gasteiger partial charge in [0.2, 0.25) is 0 Å². The molecule has 0 bridgehead atoms. The standard InChI is InChI=1S/C20H23F3N2OS/c1-14-13-17(15-7-2-3-8-16(15)20(21,22)23)27-18(14)19(26)24-9-6-12-25-10-4-5-11-25/h2-3,7-8,13H,4-6,9-12H2,1H3,(H,24,26). The van der Waals surface area contributed by atoms with E-state index >= 15 is 0 Å². The Balaban J connectivity index is 1.66. The highest BCUT2D eigenvalue weighted by atomic mass is 32.1. The zero-order valence-corrected chi connectivity index (χ0v) is 16.1. The monoisotopic (exact) mass is 396 g/mol. The van der Waals surface area contributed by atoms with Crippen molar-refractivity contribution in [1.29, 1.82) is 0 Å².